The van der Waals surface area contributed by atoms with Gasteiger partial charge in [0.15, 0.2) is 0 Å². The summed E-state index contributed by atoms with van der Waals surface area (Å²) in [5.74, 6) is 0. The normalized spacial score (nSPS) is 13.4. The van der Waals surface area contributed by atoms with Crippen LogP contribution in [0, 0.1) is 0 Å². The van der Waals surface area contributed by atoms with Crippen LogP contribution >= 0.6 is 27.3 Å². The van der Waals surface area contributed by atoms with Gasteiger partial charge in [-0.1, -0.05) is 6.07 Å². The lowest BCUT2D eigenvalue weighted by atomic mass is 10.2. The maximum Gasteiger partial charge on any atom is 0.242 e. The second kappa shape index (κ2) is 6.48. The molecule has 21 heavy (non-hydrogen) atoms. The number of sulfonamides is 1. The quantitative estimate of drug-likeness (QED) is 0.843. The van der Waals surface area contributed by atoms with Crippen molar-refractivity contribution in [2.75, 3.05) is 19.4 Å². The molecule has 7 heteroatoms. The number of halogens is 1. The summed E-state index contributed by atoms with van der Waals surface area (Å²) in [7, 11) is -0.353. The molecular formula is C14H17BrN2O2S2. The zero-order chi connectivity index (χ0) is 15.6. The van der Waals surface area contributed by atoms with Crippen molar-refractivity contribution in [1.82, 2.24) is 4.31 Å². The number of hydrogen-bond donors (Lipinski definition) is 1. The highest BCUT2D eigenvalue weighted by Gasteiger charge is 2.18. The van der Waals surface area contributed by atoms with E-state index in [1.807, 2.05) is 24.4 Å². The fourth-order valence-corrected chi connectivity index (χ4v) is 4.56. The number of nitrogens with zero attached hydrogens (tertiary/aromatic N) is 1. The third-order valence-electron chi connectivity index (χ3n) is 3.03. The molecule has 0 radical (unpaired) electrons. The van der Waals surface area contributed by atoms with E-state index in [2.05, 4.69) is 21.2 Å². The standard InChI is InChI=1S/C14H17BrN2O2S2/c1-10(14-13(15)7-8-20-14)16-11-5-4-6-12(9-11)21(18,19)17(2)3/h4-10,16H,1-3H3. The third kappa shape index (κ3) is 3.66. The van der Waals surface area contributed by atoms with Crippen LogP contribution in [0.2, 0.25) is 0 Å². The summed E-state index contributed by atoms with van der Waals surface area (Å²) in [5.41, 5.74) is 0.783. The lowest BCUT2D eigenvalue weighted by Gasteiger charge is -2.16. The summed E-state index contributed by atoms with van der Waals surface area (Å²) >= 11 is 5.17. The Kier molecular flexibility index (Phi) is 5.08. The Morgan fingerprint density at radius 2 is 2.00 bits per heavy atom. The van der Waals surface area contributed by atoms with Gasteiger partial charge in [0.2, 0.25) is 10.0 Å². The molecule has 0 amide bonds. The molecule has 1 atom stereocenters. The topological polar surface area (TPSA) is 49.4 Å². The molecule has 1 N–H and O–H groups in total. The van der Waals surface area contributed by atoms with Crippen LogP contribution in [0.1, 0.15) is 17.8 Å². The van der Waals surface area contributed by atoms with Crippen LogP contribution in [0.15, 0.2) is 45.1 Å². The second-order valence-electron chi connectivity index (χ2n) is 4.81. The number of rotatable bonds is 5. The van der Waals surface area contributed by atoms with Gasteiger partial charge in [-0.2, -0.15) is 0 Å². The monoisotopic (exact) mass is 388 g/mol. The Morgan fingerprint density at radius 3 is 2.57 bits per heavy atom. The molecule has 0 aliphatic heterocycles. The van der Waals surface area contributed by atoms with E-state index in [-0.39, 0.29) is 10.9 Å². The maximum atomic E-state index is 12.1. The summed E-state index contributed by atoms with van der Waals surface area (Å²) in [6.45, 7) is 2.05. The van der Waals surface area contributed by atoms with Crippen molar-refractivity contribution < 1.29 is 8.42 Å². The van der Waals surface area contributed by atoms with Crippen molar-refractivity contribution in [1.29, 1.82) is 0 Å². The van der Waals surface area contributed by atoms with Crippen LogP contribution in [-0.4, -0.2) is 26.8 Å². The Morgan fingerprint density at radius 1 is 1.29 bits per heavy atom. The smallest absolute Gasteiger partial charge is 0.242 e. The molecule has 0 aliphatic rings. The number of benzene rings is 1. The Balaban J connectivity index is 2.25. The Labute approximate surface area is 138 Å². The second-order valence-corrected chi connectivity index (χ2v) is 8.77. The van der Waals surface area contributed by atoms with E-state index in [0.29, 0.717) is 0 Å². The summed E-state index contributed by atoms with van der Waals surface area (Å²) in [6.07, 6.45) is 0. The largest absolute Gasteiger partial charge is 0.378 e. The molecule has 0 saturated carbocycles. The highest BCUT2D eigenvalue weighted by molar-refractivity contribution is 9.10. The molecule has 1 unspecified atom stereocenters. The SMILES string of the molecule is CC(Nc1cccc(S(=O)(=O)N(C)C)c1)c1sccc1Br. The molecule has 0 spiro atoms. The zero-order valence-electron chi connectivity index (χ0n) is 12.0. The van der Waals surface area contributed by atoms with E-state index in [1.165, 1.54) is 23.3 Å². The van der Waals surface area contributed by atoms with Crippen LogP contribution < -0.4 is 5.32 Å². The highest BCUT2D eigenvalue weighted by Crippen LogP contribution is 2.31. The predicted octanol–water partition coefficient (Wildman–Crippen LogP) is 3.93. The van der Waals surface area contributed by atoms with Gasteiger partial charge in [0, 0.05) is 29.1 Å². The first-order valence-corrected chi connectivity index (χ1v) is 9.45. The van der Waals surface area contributed by atoms with Gasteiger partial charge in [0.25, 0.3) is 0 Å². The first-order valence-electron chi connectivity index (χ1n) is 6.34. The average molecular weight is 389 g/mol. The van der Waals surface area contributed by atoms with Crippen molar-refractivity contribution in [2.24, 2.45) is 0 Å². The van der Waals surface area contributed by atoms with E-state index >= 15 is 0 Å². The molecule has 4 nitrogen and oxygen atoms in total. The molecule has 114 valence electrons. The molecule has 1 heterocycles. The molecule has 0 aliphatic carbocycles. The Bertz CT molecular complexity index is 726. The van der Waals surface area contributed by atoms with Crippen molar-refractivity contribution in [3.8, 4) is 0 Å². The first-order chi connectivity index (χ1) is 9.82. The fourth-order valence-electron chi connectivity index (χ4n) is 1.89. The predicted molar refractivity (Wildman–Crippen MR) is 91.4 cm³/mol. The van der Waals surface area contributed by atoms with E-state index in [1.54, 1.807) is 29.5 Å². The summed E-state index contributed by atoms with van der Waals surface area (Å²) in [6, 6.07) is 8.98. The van der Waals surface area contributed by atoms with E-state index in [4.69, 9.17) is 0 Å². The van der Waals surface area contributed by atoms with Crippen LogP contribution in [0.5, 0.6) is 0 Å². The number of anilines is 1. The molecule has 2 aromatic rings. The lowest BCUT2D eigenvalue weighted by molar-refractivity contribution is 0.521. The zero-order valence-corrected chi connectivity index (χ0v) is 15.2. The number of nitrogens with one attached hydrogen (secondary N) is 1. The minimum atomic E-state index is -3.41. The van der Waals surface area contributed by atoms with Gasteiger partial charge in [-0.3, -0.25) is 0 Å². The van der Waals surface area contributed by atoms with Crippen LogP contribution in [0.25, 0.3) is 0 Å². The molecule has 0 saturated heterocycles. The number of thiophene rings is 1. The van der Waals surface area contributed by atoms with Gasteiger partial charge >= 0.3 is 0 Å². The van der Waals surface area contributed by atoms with Crippen molar-refractivity contribution in [3.63, 3.8) is 0 Å². The van der Waals surface area contributed by atoms with Gasteiger partial charge < -0.3 is 5.32 Å². The van der Waals surface area contributed by atoms with Gasteiger partial charge in [-0.25, -0.2) is 12.7 Å². The van der Waals surface area contributed by atoms with Gasteiger partial charge in [-0.15, -0.1) is 11.3 Å². The van der Waals surface area contributed by atoms with Crippen molar-refractivity contribution >= 4 is 43.0 Å². The van der Waals surface area contributed by atoms with Crippen molar-refractivity contribution in [2.45, 2.75) is 17.9 Å². The average Bonchev–Trinajstić information content (AvgIpc) is 2.85. The molecule has 0 bridgehead atoms. The lowest BCUT2D eigenvalue weighted by Crippen LogP contribution is -2.22. The number of hydrogen-bond acceptors (Lipinski definition) is 4. The molecular weight excluding hydrogens is 372 g/mol. The molecule has 1 aromatic carbocycles. The minimum absolute atomic E-state index is 0.0942. The summed E-state index contributed by atoms with van der Waals surface area (Å²) < 4.78 is 26.6. The van der Waals surface area contributed by atoms with E-state index < -0.39 is 10.0 Å². The summed E-state index contributed by atoms with van der Waals surface area (Å²) in [4.78, 5) is 1.46. The van der Waals surface area contributed by atoms with Gasteiger partial charge in [-0.05, 0) is 52.5 Å². The van der Waals surface area contributed by atoms with Crippen LogP contribution in [-0.2, 0) is 10.0 Å². The van der Waals surface area contributed by atoms with Crippen LogP contribution in [0.3, 0.4) is 0 Å². The molecule has 1 aromatic heterocycles. The van der Waals surface area contributed by atoms with Crippen molar-refractivity contribution in [3.05, 3.63) is 45.1 Å². The van der Waals surface area contributed by atoms with Gasteiger partial charge in [0.05, 0.1) is 10.9 Å². The van der Waals surface area contributed by atoms with Gasteiger partial charge in [0.1, 0.15) is 0 Å². The Hall–Kier alpha value is -0.890. The minimum Gasteiger partial charge on any atom is -0.378 e. The van der Waals surface area contributed by atoms with E-state index in [0.717, 1.165) is 10.2 Å². The molecule has 0 fully saturated rings. The first kappa shape index (κ1) is 16.5. The maximum absolute atomic E-state index is 12.1. The highest BCUT2D eigenvalue weighted by atomic mass is 79.9. The fraction of sp³-hybridized carbons (Fsp3) is 0.286. The van der Waals surface area contributed by atoms with Crippen LogP contribution in [0.4, 0.5) is 5.69 Å². The molecule has 2 rings (SSSR count). The summed E-state index contributed by atoms with van der Waals surface area (Å²) in [5, 5.41) is 5.35. The third-order valence-corrected chi connectivity index (χ3v) is 6.90. The van der Waals surface area contributed by atoms with E-state index in [9.17, 15) is 8.42 Å².